The standard InChI is InChI=1S/C6H12O.C5H13NO.C5H12O2.C5H12O.C4H8O2.C4H10O.C4H8O.C3H7NO.C3H6O.CH4/c1-5(7)6(2,3)4;2*1-3-5(6)4-7-2;1-3-4-5-6-2;1-4(5)3-6-2;1-3-4-5-2;1-3-4(2)5;1-3(5)4-2;1-3(2)4;/h1-4H3;5H,3-4,6H2,1-2H3;5-6H,3-4H2,1-2H3;3-5H2,1-2H3;3H2,1-2H3;3-4H2,1-2H3;3H2,1-2H3;1-2H3,(H,4,5);1-2H3;1H4. The highest BCUT2D eigenvalue weighted by atomic mass is 16.5. The number of carbonyl (C=O) groups excluding carboxylic acids is 5. The van der Waals surface area contributed by atoms with Crippen molar-refractivity contribution < 1.29 is 52.8 Å². The van der Waals surface area contributed by atoms with Crippen molar-refractivity contribution in [3.8, 4) is 0 Å². The Balaban J connectivity index is -0.0000000492. The first kappa shape index (κ1) is 75.7. The minimum atomic E-state index is -0.273. The molecule has 0 aliphatic rings. The SMILES string of the molecule is C.CC(=O)C(C)(C)C.CC(C)=O.CCC(C)=O.CCC(N)COC.CCC(O)COC.CCCCOC.CCCOC.CNC(C)=O.COCC(C)=O. The van der Waals surface area contributed by atoms with Gasteiger partial charge in [0.15, 0.2) is 5.78 Å². The Hall–Kier alpha value is -2.13. The molecule has 0 saturated carbocycles. The molecule has 0 aliphatic carbocycles. The summed E-state index contributed by atoms with van der Waals surface area (Å²) in [5.74, 6) is 0.736. The summed E-state index contributed by atoms with van der Waals surface area (Å²) in [6, 6.07) is 0.227. The van der Waals surface area contributed by atoms with Crippen molar-refractivity contribution >= 4 is 29.0 Å². The highest BCUT2D eigenvalue weighted by molar-refractivity contribution is 5.80. The minimum absolute atomic E-state index is 0. The number of hydrogen-bond donors (Lipinski definition) is 3. The molecule has 0 aromatic rings. The second-order valence-electron chi connectivity index (χ2n) is 12.2. The number of methoxy groups -OCH3 is 5. The van der Waals surface area contributed by atoms with Crippen LogP contribution in [0.3, 0.4) is 0 Å². The van der Waals surface area contributed by atoms with Crippen LogP contribution in [-0.2, 0) is 47.7 Å². The topological polar surface area (TPSA) is 190 Å². The quantitative estimate of drug-likeness (QED) is 0.153. The predicted molar refractivity (Wildman–Crippen MR) is 224 cm³/mol. The average molecular weight is 777 g/mol. The van der Waals surface area contributed by atoms with E-state index in [0.29, 0.717) is 19.6 Å². The van der Waals surface area contributed by atoms with Crippen LogP contribution in [0, 0.1) is 5.41 Å². The Kier molecular flexibility index (Phi) is 97.1. The molecular formula is C40H92N2O11. The number of aliphatic hydroxyl groups is 1. The first-order valence-electron chi connectivity index (χ1n) is 18.0. The van der Waals surface area contributed by atoms with Crippen molar-refractivity contribution in [1.82, 2.24) is 5.32 Å². The van der Waals surface area contributed by atoms with Crippen molar-refractivity contribution in [3.63, 3.8) is 0 Å². The third-order valence-electron chi connectivity index (χ3n) is 5.10. The summed E-state index contributed by atoms with van der Waals surface area (Å²) in [5.41, 5.74) is 5.32. The zero-order chi connectivity index (χ0) is 43.6. The Morgan fingerprint density at radius 1 is 0.660 bits per heavy atom. The van der Waals surface area contributed by atoms with E-state index in [-0.39, 0.29) is 60.6 Å². The van der Waals surface area contributed by atoms with Gasteiger partial charge < -0.3 is 49.4 Å². The number of ether oxygens (including phenoxy) is 5. The number of aliphatic hydroxyl groups excluding tert-OH is 1. The van der Waals surface area contributed by atoms with Gasteiger partial charge in [-0.2, -0.15) is 0 Å². The van der Waals surface area contributed by atoms with Gasteiger partial charge in [-0.3, -0.25) is 14.4 Å². The highest BCUT2D eigenvalue weighted by Gasteiger charge is 2.14. The van der Waals surface area contributed by atoms with Crippen LogP contribution in [0.2, 0.25) is 0 Å². The molecule has 0 radical (unpaired) electrons. The third kappa shape index (κ3) is 171. The summed E-state index contributed by atoms with van der Waals surface area (Å²) in [6.45, 7) is 28.2. The van der Waals surface area contributed by atoms with Gasteiger partial charge in [-0.25, -0.2) is 0 Å². The first-order chi connectivity index (χ1) is 23.9. The summed E-state index contributed by atoms with van der Waals surface area (Å²) in [7, 11) is 9.79. The van der Waals surface area contributed by atoms with Gasteiger partial charge in [0, 0.05) is 80.6 Å². The van der Waals surface area contributed by atoms with Gasteiger partial charge >= 0.3 is 0 Å². The maximum absolute atomic E-state index is 10.5. The maximum atomic E-state index is 10.5. The van der Waals surface area contributed by atoms with Gasteiger partial charge in [0.05, 0.1) is 19.3 Å². The van der Waals surface area contributed by atoms with E-state index >= 15 is 0 Å². The van der Waals surface area contributed by atoms with E-state index in [1.54, 1.807) is 49.3 Å². The molecule has 0 aliphatic heterocycles. The van der Waals surface area contributed by atoms with Crippen LogP contribution >= 0.6 is 0 Å². The lowest BCUT2D eigenvalue weighted by atomic mass is 9.92. The third-order valence-corrected chi connectivity index (χ3v) is 5.10. The van der Waals surface area contributed by atoms with Gasteiger partial charge in [0.2, 0.25) is 5.91 Å². The van der Waals surface area contributed by atoms with Crippen molar-refractivity contribution in [2.45, 2.75) is 155 Å². The zero-order valence-corrected chi connectivity index (χ0v) is 37.5. The number of ketones is 4. The molecule has 2 atom stereocenters. The molecule has 13 nitrogen and oxygen atoms in total. The fraction of sp³-hybridized carbons (Fsp3) is 0.875. The van der Waals surface area contributed by atoms with Gasteiger partial charge in [-0.15, -0.1) is 0 Å². The molecule has 0 aromatic heterocycles. The highest BCUT2D eigenvalue weighted by Crippen LogP contribution is 2.12. The van der Waals surface area contributed by atoms with E-state index in [1.165, 1.54) is 47.6 Å². The van der Waals surface area contributed by atoms with Crippen LogP contribution in [0.5, 0.6) is 0 Å². The van der Waals surface area contributed by atoms with Crippen LogP contribution in [-0.4, -0.2) is 122 Å². The Morgan fingerprint density at radius 3 is 1.08 bits per heavy atom. The van der Waals surface area contributed by atoms with E-state index < -0.39 is 0 Å². The molecule has 2 unspecified atom stereocenters. The van der Waals surface area contributed by atoms with E-state index in [4.69, 9.17) is 25.1 Å². The van der Waals surface area contributed by atoms with Gasteiger partial charge in [0.1, 0.15) is 24.0 Å². The second-order valence-corrected chi connectivity index (χ2v) is 12.2. The lowest BCUT2D eigenvalue weighted by Crippen LogP contribution is -2.23. The predicted octanol–water partition coefficient (Wildman–Crippen LogP) is 7.06. The van der Waals surface area contributed by atoms with E-state index in [9.17, 15) is 24.0 Å². The summed E-state index contributed by atoms with van der Waals surface area (Å²) < 4.78 is 23.3. The van der Waals surface area contributed by atoms with Crippen LogP contribution in [0.25, 0.3) is 0 Å². The van der Waals surface area contributed by atoms with Crippen molar-refractivity contribution in [2.75, 3.05) is 75.6 Å². The normalized spacial score (nSPS) is 9.85. The van der Waals surface area contributed by atoms with E-state index in [0.717, 1.165) is 32.5 Å². The van der Waals surface area contributed by atoms with Crippen LogP contribution in [0.1, 0.15) is 143 Å². The zero-order valence-electron chi connectivity index (χ0n) is 37.5. The van der Waals surface area contributed by atoms with Gasteiger partial charge in [-0.1, -0.05) is 69.2 Å². The molecule has 53 heavy (non-hydrogen) atoms. The number of amides is 1. The van der Waals surface area contributed by atoms with E-state index in [1.807, 2.05) is 41.5 Å². The van der Waals surface area contributed by atoms with Crippen LogP contribution < -0.4 is 11.1 Å². The van der Waals surface area contributed by atoms with Crippen molar-refractivity contribution in [3.05, 3.63) is 0 Å². The molecule has 0 aromatic carbocycles. The van der Waals surface area contributed by atoms with Gasteiger partial charge in [-0.05, 0) is 60.3 Å². The molecule has 0 spiro atoms. The minimum Gasteiger partial charge on any atom is -0.391 e. The molecule has 0 saturated heterocycles. The smallest absolute Gasteiger partial charge is 0.216 e. The number of carbonyl (C=O) groups is 5. The first-order valence-corrected chi connectivity index (χ1v) is 18.0. The largest absolute Gasteiger partial charge is 0.391 e. The molecule has 4 N–H and O–H groups in total. The second kappa shape index (κ2) is 67.9. The van der Waals surface area contributed by atoms with Crippen LogP contribution in [0.15, 0.2) is 0 Å². The molecule has 0 fully saturated rings. The molecule has 328 valence electrons. The molecule has 1 amide bonds. The Morgan fingerprint density at radius 2 is 1.02 bits per heavy atom. The van der Waals surface area contributed by atoms with E-state index in [2.05, 4.69) is 28.6 Å². The molecule has 13 heteroatoms. The number of rotatable bonds is 14. The average Bonchev–Trinajstić information content (AvgIpc) is 3.05. The Bertz CT molecular complexity index is 679. The fourth-order valence-electron chi connectivity index (χ4n) is 1.34. The fourth-order valence-corrected chi connectivity index (χ4v) is 1.34. The Labute approximate surface area is 328 Å². The lowest BCUT2D eigenvalue weighted by Gasteiger charge is -2.11. The summed E-state index contributed by atoms with van der Waals surface area (Å²) in [5, 5.41) is 11.1. The van der Waals surface area contributed by atoms with Gasteiger partial charge in [0.25, 0.3) is 0 Å². The number of nitrogens with one attached hydrogen (secondary N) is 1. The summed E-state index contributed by atoms with van der Waals surface area (Å²) in [4.78, 5) is 49.3. The number of Topliss-reactive ketones (excluding diaryl/α,β-unsaturated/α-hetero) is 4. The summed E-state index contributed by atoms with van der Waals surface area (Å²) in [6.07, 6.45) is 5.70. The monoisotopic (exact) mass is 777 g/mol. The van der Waals surface area contributed by atoms with Crippen LogP contribution in [0.4, 0.5) is 0 Å². The van der Waals surface area contributed by atoms with Crippen molar-refractivity contribution in [2.24, 2.45) is 11.1 Å². The summed E-state index contributed by atoms with van der Waals surface area (Å²) >= 11 is 0. The van der Waals surface area contributed by atoms with Crippen molar-refractivity contribution in [1.29, 1.82) is 0 Å². The molecule has 0 bridgehead atoms. The molecule has 0 heterocycles. The molecular weight excluding hydrogens is 684 g/mol. The number of unbranched alkanes of at least 4 members (excludes halogenated alkanes) is 1. The maximum Gasteiger partial charge on any atom is 0.216 e. The number of nitrogens with two attached hydrogens (primary N) is 1. The lowest BCUT2D eigenvalue weighted by molar-refractivity contribution is -0.124. The molecule has 0 rings (SSSR count). The number of hydrogen-bond acceptors (Lipinski definition) is 12.